The standard InChI is InChI=1S/C14H23N3/c1-11-9-13(15)10-17-14(11)16-8-4-7-12-5-2-3-6-12/h9-10,12H,2-8,15H2,1H3,(H,16,17). The molecule has 0 unspecified atom stereocenters. The second-order valence-corrected chi connectivity index (χ2v) is 5.15. The molecule has 1 aromatic heterocycles. The molecule has 1 aromatic rings. The minimum absolute atomic E-state index is 0.735. The van der Waals surface area contributed by atoms with Crippen LogP contribution in [0.4, 0.5) is 11.5 Å². The molecule has 3 N–H and O–H groups in total. The van der Waals surface area contributed by atoms with E-state index in [4.69, 9.17) is 5.73 Å². The summed E-state index contributed by atoms with van der Waals surface area (Å²) in [6.07, 6.45) is 10.1. The van der Waals surface area contributed by atoms with Crippen molar-refractivity contribution in [2.75, 3.05) is 17.6 Å². The van der Waals surface area contributed by atoms with Crippen molar-refractivity contribution in [3.8, 4) is 0 Å². The molecule has 1 heterocycles. The van der Waals surface area contributed by atoms with Crippen molar-refractivity contribution in [1.29, 1.82) is 0 Å². The second kappa shape index (κ2) is 5.89. The lowest BCUT2D eigenvalue weighted by atomic mass is 10.0. The Labute approximate surface area is 104 Å². The van der Waals surface area contributed by atoms with Crippen LogP contribution >= 0.6 is 0 Å². The van der Waals surface area contributed by atoms with Crippen molar-refractivity contribution in [3.05, 3.63) is 17.8 Å². The Kier molecular flexibility index (Phi) is 4.24. The molecule has 17 heavy (non-hydrogen) atoms. The highest BCUT2D eigenvalue weighted by Crippen LogP contribution is 2.28. The van der Waals surface area contributed by atoms with Gasteiger partial charge in [0.05, 0.1) is 11.9 Å². The molecule has 0 spiro atoms. The van der Waals surface area contributed by atoms with E-state index in [1.165, 1.54) is 38.5 Å². The number of hydrogen-bond acceptors (Lipinski definition) is 3. The Morgan fingerprint density at radius 3 is 2.88 bits per heavy atom. The molecule has 3 nitrogen and oxygen atoms in total. The third kappa shape index (κ3) is 3.62. The summed E-state index contributed by atoms with van der Waals surface area (Å²) in [5.74, 6) is 1.96. The summed E-state index contributed by atoms with van der Waals surface area (Å²) < 4.78 is 0. The molecule has 0 saturated heterocycles. The number of nitrogens with one attached hydrogen (secondary N) is 1. The maximum absolute atomic E-state index is 5.67. The molecular weight excluding hydrogens is 210 g/mol. The Morgan fingerprint density at radius 2 is 2.18 bits per heavy atom. The number of nitrogens with two attached hydrogens (primary N) is 1. The Bertz CT molecular complexity index is 356. The minimum atomic E-state index is 0.735. The highest BCUT2D eigenvalue weighted by Gasteiger charge is 2.13. The SMILES string of the molecule is Cc1cc(N)cnc1NCCCC1CCCC1. The number of aryl methyl sites for hydroxylation is 1. The van der Waals surface area contributed by atoms with E-state index in [1.807, 2.05) is 13.0 Å². The molecule has 2 rings (SSSR count). The van der Waals surface area contributed by atoms with Gasteiger partial charge >= 0.3 is 0 Å². The lowest BCUT2D eigenvalue weighted by Gasteiger charge is -2.11. The van der Waals surface area contributed by atoms with Gasteiger partial charge in [-0.05, 0) is 37.3 Å². The van der Waals surface area contributed by atoms with Gasteiger partial charge in [0.2, 0.25) is 0 Å². The maximum atomic E-state index is 5.67. The van der Waals surface area contributed by atoms with E-state index < -0.39 is 0 Å². The lowest BCUT2D eigenvalue weighted by molar-refractivity contribution is 0.491. The summed E-state index contributed by atoms with van der Waals surface area (Å²) in [5, 5.41) is 3.40. The zero-order valence-corrected chi connectivity index (χ0v) is 10.7. The maximum Gasteiger partial charge on any atom is 0.128 e. The Morgan fingerprint density at radius 1 is 1.41 bits per heavy atom. The highest BCUT2D eigenvalue weighted by molar-refractivity contribution is 5.50. The molecule has 0 atom stereocenters. The normalized spacial score (nSPS) is 16.3. The van der Waals surface area contributed by atoms with Gasteiger partial charge in [-0.1, -0.05) is 25.7 Å². The summed E-state index contributed by atoms with van der Waals surface area (Å²) in [7, 11) is 0. The number of rotatable bonds is 5. The van der Waals surface area contributed by atoms with Crippen molar-refractivity contribution in [2.24, 2.45) is 5.92 Å². The molecule has 0 aromatic carbocycles. The van der Waals surface area contributed by atoms with E-state index in [1.54, 1.807) is 6.20 Å². The first-order valence-corrected chi connectivity index (χ1v) is 6.71. The van der Waals surface area contributed by atoms with Crippen LogP contribution in [0.2, 0.25) is 0 Å². The van der Waals surface area contributed by atoms with Crippen LogP contribution in [0.3, 0.4) is 0 Å². The predicted molar refractivity (Wildman–Crippen MR) is 73.1 cm³/mol. The number of anilines is 2. The number of hydrogen-bond donors (Lipinski definition) is 2. The third-order valence-corrected chi connectivity index (χ3v) is 3.66. The van der Waals surface area contributed by atoms with Gasteiger partial charge in [-0.3, -0.25) is 0 Å². The van der Waals surface area contributed by atoms with Crippen molar-refractivity contribution in [2.45, 2.75) is 45.4 Å². The van der Waals surface area contributed by atoms with E-state index in [0.717, 1.165) is 29.5 Å². The number of nitrogens with zero attached hydrogens (tertiary/aromatic N) is 1. The third-order valence-electron chi connectivity index (χ3n) is 3.66. The monoisotopic (exact) mass is 233 g/mol. The Hall–Kier alpha value is -1.25. The van der Waals surface area contributed by atoms with Gasteiger partial charge in [-0.15, -0.1) is 0 Å². The summed E-state index contributed by atoms with van der Waals surface area (Å²) in [4.78, 5) is 4.31. The van der Waals surface area contributed by atoms with E-state index >= 15 is 0 Å². The fraction of sp³-hybridized carbons (Fsp3) is 0.643. The van der Waals surface area contributed by atoms with Crippen molar-refractivity contribution in [3.63, 3.8) is 0 Å². The fourth-order valence-corrected chi connectivity index (χ4v) is 2.68. The molecule has 94 valence electrons. The zero-order valence-electron chi connectivity index (χ0n) is 10.7. The molecule has 1 aliphatic carbocycles. The molecule has 1 saturated carbocycles. The van der Waals surface area contributed by atoms with Gasteiger partial charge in [0.1, 0.15) is 5.82 Å². The van der Waals surface area contributed by atoms with Gasteiger partial charge < -0.3 is 11.1 Å². The van der Waals surface area contributed by atoms with Gasteiger partial charge in [0.25, 0.3) is 0 Å². The fourth-order valence-electron chi connectivity index (χ4n) is 2.68. The molecular formula is C14H23N3. The van der Waals surface area contributed by atoms with E-state index in [9.17, 15) is 0 Å². The first kappa shape index (κ1) is 12.2. The van der Waals surface area contributed by atoms with Crippen LogP contribution in [-0.4, -0.2) is 11.5 Å². The predicted octanol–water partition coefficient (Wildman–Crippen LogP) is 3.35. The molecule has 0 amide bonds. The first-order chi connectivity index (χ1) is 8.25. The van der Waals surface area contributed by atoms with Crippen molar-refractivity contribution >= 4 is 11.5 Å². The topological polar surface area (TPSA) is 50.9 Å². The molecule has 3 heteroatoms. The molecule has 1 aliphatic rings. The van der Waals surface area contributed by atoms with Crippen molar-refractivity contribution in [1.82, 2.24) is 4.98 Å². The van der Waals surface area contributed by atoms with Crippen LogP contribution in [0, 0.1) is 12.8 Å². The first-order valence-electron chi connectivity index (χ1n) is 6.71. The van der Waals surface area contributed by atoms with Crippen LogP contribution in [-0.2, 0) is 0 Å². The average molecular weight is 233 g/mol. The van der Waals surface area contributed by atoms with Crippen LogP contribution < -0.4 is 11.1 Å². The molecule has 0 bridgehead atoms. The molecule has 0 radical (unpaired) electrons. The smallest absolute Gasteiger partial charge is 0.128 e. The van der Waals surface area contributed by atoms with Gasteiger partial charge in [0.15, 0.2) is 0 Å². The van der Waals surface area contributed by atoms with Crippen LogP contribution in [0.1, 0.15) is 44.1 Å². The lowest BCUT2D eigenvalue weighted by Crippen LogP contribution is -2.07. The number of aromatic nitrogens is 1. The zero-order chi connectivity index (χ0) is 12.1. The summed E-state index contributed by atoms with van der Waals surface area (Å²) in [6.45, 7) is 3.07. The number of pyridine rings is 1. The van der Waals surface area contributed by atoms with Crippen LogP contribution in [0.25, 0.3) is 0 Å². The van der Waals surface area contributed by atoms with E-state index in [-0.39, 0.29) is 0 Å². The van der Waals surface area contributed by atoms with Crippen LogP contribution in [0.5, 0.6) is 0 Å². The summed E-state index contributed by atoms with van der Waals surface area (Å²) >= 11 is 0. The van der Waals surface area contributed by atoms with Gasteiger partial charge in [0, 0.05) is 6.54 Å². The minimum Gasteiger partial charge on any atom is -0.397 e. The molecule has 0 aliphatic heterocycles. The largest absolute Gasteiger partial charge is 0.397 e. The quantitative estimate of drug-likeness (QED) is 0.767. The Balaban J connectivity index is 1.70. The number of nitrogen functional groups attached to an aromatic ring is 1. The summed E-state index contributed by atoms with van der Waals surface area (Å²) in [5.41, 5.74) is 7.54. The van der Waals surface area contributed by atoms with E-state index in [2.05, 4.69) is 10.3 Å². The average Bonchev–Trinajstić information content (AvgIpc) is 2.79. The van der Waals surface area contributed by atoms with E-state index in [0.29, 0.717) is 0 Å². The van der Waals surface area contributed by atoms with Crippen molar-refractivity contribution < 1.29 is 0 Å². The van der Waals surface area contributed by atoms with Gasteiger partial charge in [-0.2, -0.15) is 0 Å². The van der Waals surface area contributed by atoms with Crippen LogP contribution in [0.15, 0.2) is 12.3 Å². The highest BCUT2D eigenvalue weighted by atomic mass is 15.0. The summed E-state index contributed by atoms with van der Waals surface area (Å²) in [6, 6.07) is 1.96. The molecule has 1 fully saturated rings. The second-order valence-electron chi connectivity index (χ2n) is 5.15. The van der Waals surface area contributed by atoms with Gasteiger partial charge in [-0.25, -0.2) is 4.98 Å².